The number of halogens is 3. The molecule has 3 aromatic rings. The Kier molecular flexibility index (Phi) is 6.42. The molecule has 1 N–H and O–H groups in total. The Balaban J connectivity index is 1.38. The van der Waals surface area contributed by atoms with Crippen molar-refractivity contribution in [3.05, 3.63) is 92.3 Å². The molecule has 1 saturated heterocycles. The number of hydrogen-bond donors (Lipinski definition) is 1. The van der Waals surface area contributed by atoms with Crippen LogP contribution in [-0.2, 0) is 12.7 Å². The van der Waals surface area contributed by atoms with Crippen LogP contribution in [0.1, 0.15) is 35.6 Å². The minimum atomic E-state index is -4.42. The summed E-state index contributed by atoms with van der Waals surface area (Å²) in [6.45, 7) is 3.88. The van der Waals surface area contributed by atoms with Gasteiger partial charge in [0, 0.05) is 37.4 Å². The van der Waals surface area contributed by atoms with Crippen molar-refractivity contribution in [1.29, 1.82) is 0 Å². The number of piperidine rings is 1. The Hall–Kier alpha value is -3.33. The molecule has 33 heavy (non-hydrogen) atoms. The number of rotatable bonds is 5. The molecule has 9 heteroatoms. The van der Waals surface area contributed by atoms with Gasteiger partial charge in [0.25, 0.3) is 5.56 Å². The Morgan fingerprint density at radius 2 is 1.70 bits per heavy atom. The van der Waals surface area contributed by atoms with Crippen LogP contribution in [0.5, 0.6) is 11.5 Å². The summed E-state index contributed by atoms with van der Waals surface area (Å²) in [5, 5.41) is 0. The molecule has 0 saturated carbocycles. The molecule has 174 valence electrons. The predicted molar refractivity (Wildman–Crippen MR) is 118 cm³/mol. The Bertz CT molecular complexity index is 1240. The zero-order chi connectivity index (χ0) is 23.6. The van der Waals surface area contributed by atoms with Crippen molar-refractivity contribution in [3.63, 3.8) is 0 Å². The van der Waals surface area contributed by atoms with Crippen LogP contribution >= 0.6 is 0 Å². The van der Waals surface area contributed by atoms with Gasteiger partial charge in [-0.15, -0.1) is 0 Å². The number of benzene rings is 2. The number of nitrogens with zero attached hydrogens (tertiary/aromatic N) is 2. The van der Waals surface area contributed by atoms with E-state index in [0.29, 0.717) is 17.9 Å². The van der Waals surface area contributed by atoms with E-state index in [9.17, 15) is 22.8 Å². The summed E-state index contributed by atoms with van der Waals surface area (Å²) in [5.74, 6) is 0.599. The van der Waals surface area contributed by atoms with Gasteiger partial charge < -0.3 is 4.74 Å². The second kappa shape index (κ2) is 9.27. The highest BCUT2D eigenvalue weighted by Gasteiger charge is 2.30. The average Bonchev–Trinajstić information content (AvgIpc) is 2.77. The number of alkyl halides is 3. The highest BCUT2D eigenvalue weighted by Crippen LogP contribution is 2.33. The Morgan fingerprint density at radius 3 is 2.39 bits per heavy atom. The molecular weight excluding hydrogens is 435 g/mol. The molecule has 2 heterocycles. The molecule has 2 aromatic carbocycles. The quantitative estimate of drug-likeness (QED) is 0.611. The number of likely N-dealkylation sites (tertiary alicyclic amines) is 1. The standard InChI is InChI=1S/C24H24F3N3O3/c1-16-14-30(23(32)28-22(16)31)19-8-10-29(11-9-19)15-17-4-2-6-20(12-17)33-21-7-3-5-18(13-21)24(25,26)27/h2-7,12-14,19H,8-11,15H2,1H3,(H,28,31,32). The summed E-state index contributed by atoms with van der Waals surface area (Å²) < 4.78 is 46.1. The van der Waals surface area contributed by atoms with Crippen LogP contribution < -0.4 is 16.0 Å². The lowest BCUT2D eigenvalue weighted by molar-refractivity contribution is -0.137. The smallest absolute Gasteiger partial charge is 0.416 e. The van der Waals surface area contributed by atoms with E-state index in [4.69, 9.17) is 4.74 Å². The summed E-state index contributed by atoms with van der Waals surface area (Å²) in [5.41, 5.74) is -0.00942. The molecule has 0 unspecified atom stereocenters. The topological polar surface area (TPSA) is 67.3 Å². The van der Waals surface area contributed by atoms with Crippen LogP contribution in [0.4, 0.5) is 13.2 Å². The number of aromatic nitrogens is 2. The fourth-order valence-corrected chi connectivity index (χ4v) is 4.05. The van der Waals surface area contributed by atoms with E-state index in [-0.39, 0.29) is 23.0 Å². The Labute approximate surface area is 188 Å². The molecule has 0 aliphatic carbocycles. The molecule has 1 aromatic heterocycles. The molecule has 1 aliphatic heterocycles. The third-order valence-corrected chi connectivity index (χ3v) is 5.80. The first kappa shape index (κ1) is 22.8. The molecule has 0 spiro atoms. The van der Waals surface area contributed by atoms with Crippen molar-refractivity contribution in [3.8, 4) is 11.5 Å². The van der Waals surface area contributed by atoms with E-state index in [1.807, 2.05) is 18.2 Å². The lowest BCUT2D eigenvalue weighted by Crippen LogP contribution is -2.39. The average molecular weight is 459 g/mol. The lowest BCUT2D eigenvalue weighted by Gasteiger charge is -2.32. The van der Waals surface area contributed by atoms with Gasteiger partial charge in [-0.25, -0.2) is 4.79 Å². The van der Waals surface area contributed by atoms with Crippen LogP contribution in [0.2, 0.25) is 0 Å². The highest BCUT2D eigenvalue weighted by atomic mass is 19.4. The lowest BCUT2D eigenvalue weighted by atomic mass is 10.0. The summed E-state index contributed by atoms with van der Waals surface area (Å²) in [4.78, 5) is 28.3. The molecule has 0 radical (unpaired) electrons. The number of aromatic amines is 1. The number of nitrogens with one attached hydrogen (secondary N) is 1. The van der Waals surface area contributed by atoms with Gasteiger partial charge >= 0.3 is 11.9 Å². The molecule has 1 fully saturated rings. The van der Waals surface area contributed by atoms with Crippen LogP contribution in [0, 0.1) is 6.92 Å². The van der Waals surface area contributed by atoms with E-state index < -0.39 is 11.7 Å². The van der Waals surface area contributed by atoms with Crippen molar-refractivity contribution < 1.29 is 17.9 Å². The molecule has 0 bridgehead atoms. The molecular formula is C24H24F3N3O3. The van der Waals surface area contributed by atoms with Crippen LogP contribution in [0.3, 0.4) is 0 Å². The minimum absolute atomic E-state index is 0.0277. The summed E-state index contributed by atoms with van der Waals surface area (Å²) in [7, 11) is 0. The fourth-order valence-electron chi connectivity index (χ4n) is 4.05. The van der Waals surface area contributed by atoms with E-state index in [0.717, 1.165) is 43.6 Å². The summed E-state index contributed by atoms with van der Waals surface area (Å²) in [6.07, 6.45) is -1.26. The van der Waals surface area contributed by atoms with Gasteiger partial charge in [0.1, 0.15) is 11.5 Å². The fraction of sp³-hybridized carbons (Fsp3) is 0.333. The van der Waals surface area contributed by atoms with Crippen molar-refractivity contribution in [1.82, 2.24) is 14.5 Å². The van der Waals surface area contributed by atoms with Crippen molar-refractivity contribution in [2.45, 2.75) is 38.5 Å². The van der Waals surface area contributed by atoms with Crippen LogP contribution in [0.15, 0.2) is 64.3 Å². The van der Waals surface area contributed by atoms with Gasteiger partial charge in [-0.1, -0.05) is 18.2 Å². The van der Waals surface area contributed by atoms with Crippen LogP contribution in [-0.4, -0.2) is 27.5 Å². The first-order chi connectivity index (χ1) is 15.7. The monoisotopic (exact) mass is 459 g/mol. The predicted octanol–water partition coefficient (Wildman–Crippen LogP) is 4.49. The van der Waals surface area contributed by atoms with E-state index in [1.165, 1.54) is 12.1 Å². The van der Waals surface area contributed by atoms with E-state index >= 15 is 0 Å². The number of H-pyrrole nitrogens is 1. The van der Waals surface area contributed by atoms with Crippen molar-refractivity contribution in [2.75, 3.05) is 13.1 Å². The molecule has 0 amide bonds. The molecule has 6 nitrogen and oxygen atoms in total. The van der Waals surface area contributed by atoms with Gasteiger partial charge in [0.15, 0.2) is 0 Å². The maximum Gasteiger partial charge on any atom is 0.416 e. The Morgan fingerprint density at radius 1 is 1.03 bits per heavy atom. The summed E-state index contributed by atoms with van der Waals surface area (Å²) in [6, 6.07) is 12.1. The van der Waals surface area contributed by atoms with Gasteiger partial charge in [-0.3, -0.25) is 19.2 Å². The zero-order valence-electron chi connectivity index (χ0n) is 18.1. The van der Waals surface area contributed by atoms with Gasteiger partial charge in [-0.05, 0) is 55.7 Å². The zero-order valence-corrected chi connectivity index (χ0v) is 18.1. The van der Waals surface area contributed by atoms with Crippen LogP contribution in [0.25, 0.3) is 0 Å². The van der Waals surface area contributed by atoms with E-state index in [2.05, 4.69) is 9.88 Å². The van der Waals surface area contributed by atoms with Crippen molar-refractivity contribution in [2.24, 2.45) is 0 Å². The number of hydrogen-bond acceptors (Lipinski definition) is 4. The maximum atomic E-state index is 12.9. The largest absolute Gasteiger partial charge is 0.457 e. The third-order valence-electron chi connectivity index (χ3n) is 5.80. The minimum Gasteiger partial charge on any atom is -0.457 e. The normalized spacial score (nSPS) is 15.5. The number of ether oxygens (including phenoxy) is 1. The third kappa shape index (κ3) is 5.54. The summed E-state index contributed by atoms with van der Waals surface area (Å²) >= 11 is 0. The van der Waals surface area contributed by atoms with Gasteiger partial charge in [0.2, 0.25) is 0 Å². The van der Waals surface area contributed by atoms with Gasteiger partial charge in [0.05, 0.1) is 5.56 Å². The molecule has 1 aliphatic rings. The first-order valence-corrected chi connectivity index (χ1v) is 10.7. The van der Waals surface area contributed by atoms with Crippen molar-refractivity contribution >= 4 is 0 Å². The molecule has 0 atom stereocenters. The number of aryl methyl sites for hydroxylation is 1. The highest BCUT2D eigenvalue weighted by molar-refractivity contribution is 5.36. The second-order valence-corrected chi connectivity index (χ2v) is 8.26. The first-order valence-electron chi connectivity index (χ1n) is 10.7. The molecule has 4 rings (SSSR count). The van der Waals surface area contributed by atoms with Gasteiger partial charge in [-0.2, -0.15) is 13.2 Å². The maximum absolute atomic E-state index is 12.9. The second-order valence-electron chi connectivity index (χ2n) is 8.26. The van der Waals surface area contributed by atoms with E-state index in [1.54, 1.807) is 23.8 Å². The SMILES string of the molecule is Cc1cn(C2CCN(Cc3cccc(Oc4cccc(C(F)(F)F)c4)c3)CC2)c(=O)[nH]c1=O.